The van der Waals surface area contributed by atoms with Gasteiger partial charge in [-0.25, -0.2) is 4.99 Å². The van der Waals surface area contributed by atoms with Crippen LogP contribution in [0.4, 0.5) is 5.69 Å². The van der Waals surface area contributed by atoms with Crippen molar-refractivity contribution < 1.29 is 14.3 Å². The number of hydrogen-bond acceptors (Lipinski definition) is 6. The zero-order chi connectivity index (χ0) is 24.0. The number of anilines is 1. The summed E-state index contributed by atoms with van der Waals surface area (Å²) in [6, 6.07) is 15.3. The Morgan fingerprint density at radius 3 is 2.48 bits per heavy atom. The van der Waals surface area contributed by atoms with Crippen LogP contribution in [0.3, 0.4) is 0 Å². The van der Waals surface area contributed by atoms with Crippen molar-refractivity contribution in [1.82, 2.24) is 4.90 Å². The molecule has 0 N–H and O–H groups in total. The molecular formula is C25H26N4O3S. The van der Waals surface area contributed by atoms with Crippen molar-refractivity contribution in [2.75, 3.05) is 31.4 Å². The van der Waals surface area contributed by atoms with Gasteiger partial charge in [-0.1, -0.05) is 30.0 Å². The number of benzene rings is 2. The Morgan fingerprint density at radius 2 is 1.88 bits per heavy atom. The van der Waals surface area contributed by atoms with Crippen molar-refractivity contribution in [3.8, 4) is 11.8 Å². The van der Waals surface area contributed by atoms with Gasteiger partial charge in [-0.15, -0.1) is 0 Å². The van der Waals surface area contributed by atoms with Gasteiger partial charge in [0.2, 0.25) is 5.91 Å². The summed E-state index contributed by atoms with van der Waals surface area (Å²) < 4.78 is 5.19. The number of aryl methyl sites for hydroxylation is 2. The van der Waals surface area contributed by atoms with E-state index in [0.717, 1.165) is 22.4 Å². The van der Waals surface area contributed by atoms with E-state index in [2.05, 4.69) is 4.99 Å². The lowest BCUT2D eigenvalue weighted by molar-refractivity contribution is -0.127. The number of carbonyl (C=O) groups is 2. The molecule has 7 nitrogen and oxygen atoms in total. The van der Waals surface area contributed by atoms with Crippen LogP contribution in [-0.4, -0.2) is 48.3 Å². The lowest BCUT2D eigenvalue weighted by Gasteiger charge is -2.20. The second kappa shape index (κ2) is 10.8. The van der Waals surface area contributed by atoms with Crippen LogP contribution in [-0.2, 0) is 9.59 Å². The third-order valence-electron chi connectivity index (χ3n) is 5.02. The van der Waals surface area contributed by atoms with Crippen molar-refractivity contribution in [3.05, 3.63) is 64.9 Å². The fourth-order valence-corrected chi connectivity index (χ4v) is 4.29. The normalized spacial score (nSPS) is 14.3. The fourth-order valence-electron chi connectivity index (χ4n) is 3.34. The molecule has 0 unspecified atom stereocenters. The van der Waals surface area contributed by atoms with Crippen molar-refractivity contribution >= 4 is 40.5 Å². The number of aliphatic imine (C=N–C) groups is 1. The van der Waals surface area contributed by atoms with Gasteiger partial charge in [-0.3, -0.25) is 14.5 Å². The van der Waals surface area contributed by atoms with E-state index < -0.39 is 0 Å². The van der Waals surface area contributed by atoms with Gasteiger partial charge in [0.1, 0.15) is 11.4 Å². The van der Waals surface area contributed by atoms with Crippen LogP contribution in [0.5, 0.6) is 5.75 Å². The lowest BCUT2D eigenvalue weighted by atomic mass is 10.1. The van der Waals surface area contributed by atoms with Gasteiger partial charge in [0, 0.05) is 13.6 Å². The van der Waals surface area contributed by atoms with Gasteiger partial charge in [0.05, 0.1) is 31.0 Å². The number of methoxy groups -OCH3 is 1. The first kappa shape index (κ1) is 24.1. The summed E-state index contributed by atoms with van der Waals surface area (Å²) in [4.78, 5) is 33.5. The second-order valence-corrected chi connectivity index (χ2v) is 8.64. The maximum absolute atomic E-state index is 13.4. The highest BCUT2D eigenvalue weighted by Gasteiger charge is 2.32. The molecule has 1 aliphatic heterocycles. The van der Waals surface area contributed by atoms with Crippen molar-refractivity contribution in [2.24, 2.45) is 4.99 Å². The Labute approximate surface area is 198 Å². The van der Waals surface area contributed by atoms with Gasteiger partial charge in [-0.2, -0.15) is 5.26 Å². The molecule has 2 aromatic carbocycles. The molecule has 0 radical (unpaired) electrons. The number of thioether (sulfide) groups is 1. The molecule has 2 amide bonds. The molecule has 0 fully saturated rings. The van der Waals surface area contributed by atoms with Gasteiger partial charge in [0.15, 0.2) is 5.17 Å². The number of amidine groups is 1. The first-order chi connectivity index (χ1) is 15.8. The van der Waals surface area contributed by atoms with Crippen LogP contribution in [0.1, 0.15) is 23.1 Å². The summed E-state index contributed by atoms with van der Waals surface area (Å²) in [5, 5.41) is 9.19. The predicted octanol–water partition coefficient (Wildman–Crippen LogP) is 4.16. The molecular weight excluding hydrogens is 436 g/mol. The predicted molar refractivity (Wildman–Crippen MR) is 132 cm³/mol. The Morgan fingerprint density at radius 1 is 1.21 bits per heavy atom. The highest BCUT2D eigenvalue weighted by molar-refractivity contribution is 8.14. The molecule has 170 valence electrons. The number of hydrogen-bond donors (Lipinski definition) is 0. The molecule has 0 aromatic heterocycles. The Balaban J connectivity index is 1.90. The van der Waals surface area contributed by atoms with Crippen molar-refractivity contribution in [2.45, 2.75) is 20.3 Å². The van der Waals surface area contributed by atoms with Crippen LogP contribution >= 0.6 is 11.8 Å². The zero-order valence-corrected chi connectivity index (χ0v) is 20.0. The van der Waals surface area contributed by atoms with E-state index >= 15 is 0 Å². The Bertz CT molecular complexity index is 1130. The van der Waals surface area contributed by atoms with Crippen molar-refractivity contribution in [3.63, 3.8) is 0 Å². The van der Waals surface area contributed by atoms with E-state index in [9.17, 15) is 9.59 Å². The summed E-state index contributed by atoms with van der Waals surface area (Å²) >= 11 is 1.21. The third kappa shape index (κ3) is 6.02. The van der Waals surface area contributed by atoms with E-state index in [0.29, 0.717) is 23.1 Å². The van der Waals surface area contributed by atoms with E-state index in [1.807, 2.05) is 62.4 Å². The molecule has 2 aromatic rings. The van der Waals surface area contributed by atoms with Crippen molar-refractivity contribution in [1.29, 1.82) is 5.26 Å². The number of rotatable bonds is 7. The third-order valence-corrected chi connectivity index (χ3v) is 5.95. The number of nitriles is 1. The largest absolute Gasteiger partial charge is 0.497 e. The molecule has 0 spiro atoms. The maximum Gasteiger partial charge on any atom is 0.283 e. The average Bonchev–Trinajstić information content (AvgIpc) is 3.10. The van der Waals surface area contributed by atoms with Gasteiger partial charge < -0.3 is 9.64 Å². The molecule has 33 heavy (non-hydrogen) atoms. The monoisotopic (exact) mass is 462 g/mol. The van der Waals surface area contributed by atoms with E-state index in [1.165, 1.54) is 16.7 Å². The molecule has 0 bridgehead atoms. The number of nitrogens with zero attached hydrogens (tertiary/aromatic N) is 4. The lowest BCUT2D eigenvalue weighted by Crippen LogP contribution is -2.33. The van der Waals surface area contributed by atoms with Gasteiger partial charge >= 0.3 is 0 Å². The van der Waals surface area contributed by atoms with E-state index in [4.69, 9.17) is 10.00 Å². The van der Waals surface area contributed by atoms with Crippen LogP contribution < -0.4 is 9.64 Å². The average molecular weight is 463 g/mol. The minimum absolute atomic E-state index is 0.116. The highest BCUT2D eigenvalue weighted by Crippen LogP contribution is 2.31. The molecule has 0 atom stereocenters. The maximum atomic E-state index is 13.4. The standard InChI is InChI=1S/C25H26N4O3S/c1-17-12-18(2)14-20(13-17)29-24(31)22(15-19-6-8-21(32-4)9-7-19)27-25(29)33-16-23(30)28(3)11-5-10-26/h6-9,12-15H,5,11,16H2,1-4H3/b22-15-. The molecule has 0 saturated carbocycles. The zero-order valence-electron chi connectivity index (χ0n) is 19.2. The quantitative estimate of drug-likeness (QED) is 0.577. The fraction of sp³-hybridized carbons (Fsp3) is 0.280. The molecule has 0 saturated heterocycles. The molecule has 3 rings (SSSR count). The van der Waals surface area contributed by atoms with Gasteiger partial charge in [-0.05, 0) is 60.9 Å². The minimum atomic E-state index is -0.247. The topological polar surface area (TPSA) is 86.0 Å². The first-order valence-electron chi connectivity index (χ1n) is 10.4. The second-order valence-electron chi connectivity index (χ2n) is 7.70. The molecule has 1 aliphatic rings. The minimum Gasteiger partial charge on any atom is -0.497 e. The summed E-state index contributed by atoms with van der Waals surface area (Å²) in [5.74, 6) is 0.470. The number of ether oxygens (including phenoxy) is 1. The summed E-state index contributed by atoms with van der Waals surface area (Å²) in [6.07, 6.45) is 2.00. The van der Waals surface area contributed by atoms with Gasteiger partial charge in [0.25, 0.3) is 5.91 Å². The van der Waals surface area contributed by atoms with Crippen LogP contribution in [0.25, 0.3) is 6.08 Å². The molecule has 8 heteroatoms. The smallest absolute Gasteiger partial charge is 0.283 e. The SMILES string of the molecule is COc1ccc(/C=C2\N=C(SCC(=O)N(C)CCC#N)N(c3cc(C)cc(C)c3)C2=O)cc1. The first-order valence-corrected chi connectivity index (χ1v) is 11.4. The molecule has 0 aliphatic carbocycles. The molecule has 1 heterocycles. The van der Waals surface area contributed by atoms with E-state index in [1.54, 1.807) is 25.1 Å². The summed E-state index contributed by atoms with van der Waals surface area (Å²) in [5.41, 5.74) is 3.89. The van der Waals surface area contributed by atoms with Crippen LogP contribution in [0, 0.1) is 25.2 Å². The summed E-state index contributed by atoms with van der Waals surface area (Å²) in [7, 11) is 3.26. The van der Waals surface area contributed by atoms with Crippen LogP contribution in [0.15, 0.2) is 53.2 Å². The highest BCUT2D eigenvalue weighted by atomic mass is 32.2. The van der Waals surface area contributed by atoms with E-state index in [-0.39, 0.29) is 24.0 Å². The number of amides is 2. The Kier molecular flexibility index (Phi) is 7.91. The number of carbonyl (C=O) groups excluding carboxylic acids is 2. The Hall–Kier alpha value is -3.57. The summed E-state index contributed by atoms with van der Waals surface area (Å²) in [6.45, 7) is 4.32. The van der Waals surface area contributed by atoms with Crippen LogP contribution in [0.2, 0.25) is 0 Å².